The number of ether oxygens (including phenoxy) is 1. The molecule has 0 aliphatic heterocycles. The van der Waals surface area contributed by atoms with Gasteiger partial charge in [0.25, 0.3) is 5.91 Å². The lowest BCUT2D eigenvalue weighted by Gasteiger charge is -2.09. The van der Waals surface area contributed by atoms with Crippen molar-refractivity contribution in [1.29, 1.82) is 5.26 Å². The van der Waals surface area contributed by atoms with Crippen LogP contribution in [0.1, 0.15) is 15.9 Å². The van der Waals surface area contributed by atoms with Crippen molar-refractivity contribution in [2.75, 3.05) is 5.32 Å². The highest BCUT2D eigenvalue weighted by Gasteiger charge is 2.07. The van der Waals surface area contributed by atoms with Crippen molar-refractivity contribution in [1.82, 2.24) is 0 Å². The number of anilines is 1. The average Bonchev–Trinajstić information content (AvgIpc) is 2.63. The lowest BCUT2D eigenvalue weighted by Crippen LogP contribution is -2.11. The quantitative estimate of drug-likeness (QED) is 0.765. The van der Waals surface area contributed by atoms with Crippen molar-refractivity contribution < 1.29 is 9.53 Å². The molecule has 0 saturated heterocycles. The number of hydrogen-bond acceptors (Lipinski definition) is 3. The first-order chi connectivity index (χ1) is 11.7. The molecule has 0 bridgehead atoms. The van der Waals surface area contributed by atoms with Gasteiger partial charge in [0.2, 0.25) is 0 Å². The van der Waals surface area contributed by atoms with E-state index in [9.17, 15) is 4.79 Å². The van der Waals surface area contributed by atoms with Gasteiger partial charge in [0.05, 0.1) is 11.6 Å². The van der Waals surface area contributed by atoms with Crippen molar-refractivity contribution in [3.8, 4) is 17.6 Å². The van der Waals surface area contributed by atoms with Gasteiger partial charge >= 0.3 is 0 Å². The minimum atomic E-state index is -0.274. The summed E-state index contributed by atoms with van der Waals surface area (Å²) < 4.78 is 5.75. The number of amides is 1. The second-order valence-corrected chi connectivity index (χ2v) is 5.09. The van der Waals surface area contributed by atoms with E-state index in [0.717, 1.165) is 5.75 Å². The zero-order valence-corrected chi connectivity index (χ0v) is 12.8. The van der Waals surface area contributed by atoms with Crippen LogP contribution in [-0.4, -0.2) is 5.91 Å². The molecule has 1 amide bonds. The fourth-order valence-electron chi connectivity index (χ4n) is 2.20. The van der Waals surface area contributed by atoms with Gasteiger partial charge in [-0.25, -0.2) is 0 Å². The van der Waals surface area contributed by atoms with Gasteiger partial charge in [-0.05, 0) is 42.5 Å². The molecule has 0 fully saturated rings. The van der Waals surface area contributed by atoms with Gasteiger partial charge in [-0.1, -0.05) is 30.3 Å². The molecule has 0 saturated carbocycles. The van der Waals surface area contributed by atoms with E-state index < -0.39 is 0 Å². The summed E-state index contributed by atoms with van der Waals surface area (Å²) in [6.07, 6.45) is 0. The molecule has 24 heavy (non-hydrogen) atoms. The second-order valence-electron chi connectivity index (χ2n) is 5.09. The summed E-state index contributed by atoms with van der Waals surface area (Å²) in [4.78, 5) is 12.3. The average molecular weight is 314 g/mol. The smallest absolute Gasteiger partial charge is 0.255 e. The topological polar surface area (TPSA) is 62.1 Å². The Hall–Kier alpha value is -3.58. The van der Waals surface area contributed by atoms with E-state index in [1.54, 1.807) is 42.5 Å². The third-order valence-electron chi connectivity index (χ3n) is 3.32. The number of nitrogens with one attached hydrogen (secondary N) is 1. The SMILES string of the molecule is N#Cc1cccc(C(=O)Nc2cccc(Oc3ccccc3)c2)c1. The van der Waals surface area contributed by atoms with E-state index in [-0.39, 0.29) is 5.91 Å². The summed E-state index contributed by atoms with van der Waals surface area (Å²) in [6.45, 7) is 0. The number of carbonyl (C=O) groups is 1. The highest BCUT2D eigenvalue weighted by molar-refractivity contribution is 6.04. The van der Waals surface area contributed by atoms with Crippen LogP contribution in [0.15, 0.2) is 78.9 Å². The first kappa shape index (κ1) is 15.3. The summed E-state index contributed by atoms with van der Waals surface area (Å²) in [6, 6.07) is 25.2. The van der Waals surface area contributed by atoms with Crippen LogP contribution < -0.4 is 10.1 Å². The van der Waals surface area contributed by atoms with Gasteiger partial charge < -0.3 is 10.1 Å². The highest BCUT2D eigenvalue weighted by Crippen LogP contribution is 2.24. The lowest BCUT2D eigenvalue weighted by molar-refractivity contribution is 0.102. The monoisotopic (exact) mass is 314 g/mol. The van der Waals surface area contributed by atoms with Crippen molar-refractivity contribution in [3.63, 3.8) is 0 Å². The summed E-state index contributed by atoms with van der Waals surface area (Å²) in [5.74, 6) is 1.08. The summed E-state index contributed by atoms with van der Waals surface area (Å²) in [7, 11) is 0. The van der Waals surface area contributed by atoms with Gasteiger partial charge in [-0.15, -0.1) is 0 Å². The minimum Gasteiger partial charge on any atom is -0.457 e. The molecule has 0 aromatic heterocycles. The number of para-hydroxylation sites is 1. The van der Waals surface area contributed by atoms with Crippen LogP contribution in [0, 0.1) is 11.3 Å². The molecule has 3 aromatic carbocycles. The summed E-state index contributed by atoms with van der Waals surface area (Å²) in [5, 5.41) is 11.7. The van der Waals surface area contributed by atoms with Crippen LogP contribution in [0.5, 0.6) is 11.5 Å². The fraction of sp³-hybridized carbons (Fsp3) is 0. The molecule has 4 nitrogen and oxygen atoms in total. The Morgan fingerprint density at radius 3 is 2.42 bits per heavy atom. The van der Waals surface area contributed by atoms with Gasteiger partial charge in [0.15, 0.2) is 0 Å². The number of nitrogens with zero attached hydrogens (tertiary/aromatic N) is 1. The van der Waals surface area contributed by atoms with Gasteiger partial charge in [0.1, 0.15) is 11.5 Å². The van der Waals surface area contributed by atoms with Crippen molar-refractivity contribution in [3.05, 3.63) is 90.0 Å². The van der Waals surface area contributed by atoms with Crippen LogP contribution >= 0.6 is 0 Å². The third-order valence-corrected chi connectivity index (χ3v) is 3.32. The molecule has 0 aliphatic rings. The molecular weight excluding hydrogens is 300 g/mol. The predicted molar refractivity (Wildman–Crippen MR) is 92.1 cm³/mol. The van der Waals surface area contributed by atoms with Crippen LogP contribution in [0.25, 0.3) is 0 Å². The molecule has 0 heterocycles. The van der Waals surface area contributed by atoms with Gasteiger partial charge in [-0.2, -0.15) is 5.26 Å². The van der Waals surface area contributed by atoms with Gasteiger partial charge in [0, 0.05) is 17.3 Å². The van der Waals surface area contributed by atoms with Crippen molar-refractivity contribution >= 4 is 11.6 Å². The first-order valence-electron chi connectivity index (χ1n) is 7.39. The van der Waals surface area contributed by atoms with E-state index in [1.807, 2.05) is 42.5 Å². The first-order valence-corrected chi connectivity index (χ1v) is 7.39. The van der Waals surface area contributed by atoms with Crippen LogP contribution in [-0.2, 0) is 0 Å². The number of rotatable bonds is 4. The molecule has 0 unspecified atom stereocenters. The predicted octanol–water partition coefficient (Wildman–Crippen LogP) is 4.60. The molecule has 3 aromatic rings. The number of benzene rings is 3. The van der Waals surface area contributed by atoms with Crippen molar-refractivity contribution in [2.24, 2.45) is 0 Å². The molecule has 116 valence electrons. The molecule has 1 N–H and O–H groups in total. The van der Waals surface area contributed by atoms with E-state index in [4.69, 9.17) is 10.00 Å². The Balaban J connectivity index is 1.74. The molecule has 4 heteroatoms. The van der Waals surface area contributed by atoms with E-state index in [1.165, 1.54) is 0 Å². The van der Waals surface area contributed by atoms with E-state index in [2.05, 4.69) is 5.32 Å². The van der Waals surface area contributed by atoms with Crippen molar-refractivity contribution in [2.45, 2.75) is 0 Å². The Kier molecular flexibility index (Phi) is 4.55. The Bertz CT molecular complexity index is 899. The normalized spacial score (nSPS) is 9.79. The maximum atomic E-state index is 12.3. The minimum absolute atomic E-state index is 0.274. The highest BCUT2D eigenvalue weighted by atomic mass is 16.5. The molecule has 0 radical (unpaired) electrons. The molecule has 3 rings (SSSR count). The summed E-state index contributed by atoms with van der Waals surface area (Å²) >= 11 is 0. The Labute approximate surface area is 139 Å². The molecule has 0 spiro atoms. The van der Waals surface area contributed by atoms with Crippen LogP contribution in [0.3, 0.4) is 0 Å². The number of carbonyl (C=O) groups excluding carboxylic acids is 1. The zero-order chi connectivity index (χ0) is 16.8. The maximum Gasteiger partial charge on any atom is 0.255 e. The van der Waals surface area contributed by atoms with E-state index in [0.29, 0.717) is 22.6 Å². The maximum absolute atomic E-state index is 12.3. The number of hydrogen-bond donors (Lipinski definition) is 1. The van der Waals surface area contributed by atoms with Crippen LogP contribution in [0.2, 0.25) is 0 Å². The zero-order valence-electron chi connectivity index (χ0n) is 12.8. The second kappa shape index (κ2) is 7.12. The largest absolute Gasteiger partial charge is 0.457 e. The Morgan fingerprint density at radius 2 is 1.62 bits per heavy atom. The molecular formula is C20H14N2O2. The number of nitriles is 1. The molecule has 0 aliphatic carbocycles. The summed E-state index contributed by atoms with van der Waals surface area (Å²) in [5.41, 5.74) is 1.50. The Morgan fingerprint density at radius 1 is 0.875 bits per heavy atom. The van der Waals surface area contributed by atoms with Crippen LogP contribution in [0.4, 0.5) is 5.69 Å². The molecule has 0 atom stereocenters. The lowest BCUT2D eigenvalue weighted by atomic mass is 10.1. The van der Waals surface area contributed by atoms with E-state index >= 15 is 0 Å². The third kappa shape index (κ3) is 3.79. The standard InChI is InChI=1S/C20H14N2O2/c21-14-15-6-4-7-16(12-15)20(23)22-17-8-5-11-19(13-17)24-18-9-2-1-3-10-18/h1-13H,(H,22,23). The fourth-order valence-corrected chi connectivity index (χ4v) is 2.20. The van der Waals surface area contributed by atoms with Gasteiger partial charge in [-0.3, -0.25) is 4.79 Å².